The van der Waals surface area contributed by atoms with Gasteiger partial charge in [-0.15, -0.1) is 0 Å². The van der Waals surface area contributed by atoms with Crippen molar-refractivity contribution in [1.82, 2.24) is 10.6 Å². The van der Waals surface area contributed by atoms with Gasteiger partial charge in [-0.3, -0.25) is 14.4 Å². The van der Waals surface area contributed by atoms with Gasteiger partial charge in [0.05, 0.1) is 6.42 Å². The highest BCUT2D eigenvalue weighted by atomic mass is 32.1. The molecule has 0 aromatic carbocycles. The van der Waals surface area contributed by atoms with E-state index in [2.05, 4.69) is 10.6 Å². The van der Waals surface area contributed by atoms with E-state index < -0.39 is 5.97 Å². The standard InChI is InChI=1S/C11H14N2O4S/c14-9(12-5-2-10(15)16)1-4-13-11(17)8-3-6-18-7-8/h3,6-7H,1-2,4-5H2,(H,12,14)(H,13,17)(H,15,16). The smallest absolute Gasteiger partial charge is 0.305 e. The number of aliphatic carboxylic acids is 1. The maximum atomic E-state index is 11.5. The number of nitrogens with one attached hydrogen (secondary N) is 2. The first kappa shape index (κ1) is 14.2. The van der Waals surface area contributed by atoms with E-state index >= 15 is 0 Å². The molecule has 0 aliphatic rings. The minimum atomic E-state index is -0.957. The topological polar surface area (TPSA) is 95.5 Å². The van der Waals surface area contributed by atoms with E-state index in [1.54, 1.807) is 16.8 Å². The SMILES string of the molecule is O=C(O)CCNC(=O)CCNC(=O)c1ccsc1. The van der Waals surface area contributed by atoms with Crippen molar-refractivity contribution in [3.8, 4) is 0 Å². The molecule has 0 aliphatic carbocycles. The summed E-state index contributed by atoms with van der Waals surface area (Å²) >= 11 is 1.43. The summed E-state index contributed by atoms with van der Waals surface area (Å²) in [5.41, 5.74) is 0.575. The first-order valence-electron chi connectivity index (χ1n) is 5.38. The number of rotatable bonds is 7. The molecule has 0 atom stereocenters. The van der Waals surface area contributed by atoms with Gasteiger partial charge in [-0.2, -0.15) is 11.3 Å². The first-order valence-corrected chi connectivity index (χ1v) is 6.33. The molecule has 0 bridgehead atoms. The van der Waals surface area contributed by atoms with Gasteiger partial charge in [-0.1, -0.05) is 0 Å². The van der Waals surface area contributed by atoms with Crippen LogP contribution < -0.4 is 10.6 Å². The van der Waals surface area contributed by atoms with Crippen molar-refractivity contribution in [3.05, 3.63) is 22.4 Å². The molecule has 0 unspecified atom stereocenters. The number of hydrogen-bond acceptors (Lipinski definition) is 4. The molecule has 18 heavy (non-hydrogen) atoms. The summed E-state index contributed by atoms with van der Waals surface area (Å²) < 4.78 is 0. The highest BCUT2D eigenvalue weighted by Gasteiger charge is 2.06. The summed E-state index contributed by atoms with van der Waals surface area (Å²) in [6.07, 6.45) is 0.0303. The molecule has 3 N–H and O–H groups in total. The Hall–Kier alpha value is -1.89. The van der Waals surface area contributed by atoms with Crippen LogP contribution in [0.3, 0.4) is 0 Å². The summed E-state index contributed by atoms with van der Waals surface area (Å²) in [7, 11) is 0. The zero-order chi connectivity index (χ0) is 13.4. The maximum absolute atomic E-state index is 11.5. The molecular weight excluding hydrogens is 256 g/mol. The summed E-state index contributed by atoms with van der Waals surface area (Å²) in [6.45, 7) is 0.334. The second kappa shape index (κ2) is 7.44. The molecule has 1 aromatic rings. The Morgan fingerprint density at radius 2 is 1.89 bits per heavy atom. The van der Waals surface area contributed by atoms with Gasteiger partial charge in [-0.25, -0.2) is 0 Å². The van der Waals surface area contributed by atoms with E-state index in [4.69, 9.17) is 5.11 Å². The van der Waals surface area contributed by atoms with Crippen LogP contribution in [0.25, 0.3) is 0 Å². The van der Waals surface area contributed by atoms with Crippen LogP contribution in [0.5, 0.6) is 0 Å². The van der Waals surface area contributed by atoms with Crippen LogP contribution in [0.2, 0.25) is 0 Å². The molecule has 98 valence electrons. The molecule has 1 aromatic heterocycles. The lowest BCUT2D eigenvalue weighted by Crippen LogP contribution is -2.31. The molecular formula is C11H14N2O4S. The molecule has 0 fully saturated rings. The van der Waals surface area contributed by atoms with E-state index in [1.807, 2.05) is 0 Å². The van der Waals surface area contributed by atoms with Gasteiger partial charge in [0.1, 0.15) is 0 Å². The quantitative estimate of drug-likeness (QED) is 0.670. The van der Waals surface area contributed by atoms with Gasteiger partial charge in [0.25, 0.3) is 5.91 Å². The van der Waals surface area contributed by atoms with Crippen molar-refractivity contribution in [1.29, 1.82) is 0 Å². The minimum absolute atomic E-state index is 0.104. The van der Waals surface area contributed by atoms with Gasteiger partial charge in [-0.05, 0) is 11.4 Å². The van der Waals surface area contributed by atoms with E-state index in [-0.39, 0.29) is 37.7 Å². The van der Waals surface area contributed by atoms with Crippen LogP contribution in [0, 0.1) is 0 Å². The second-order valence-corrected chi connectivity index (χ2v) is 4.29. The molecule has 2 amide bonds. The molecule has 7 heteroatoms. The van der Waals surface area contributed by atoms with Crippen molar-refractivity contribution in [2.24, 2.45) is 0 Å². The number of carbonyl (C=O) groups is 3. The lowest BCUT2D eigenvalue weighted by Gasteiger charge is -2.04. The fourth-order valence-corrected chi connectivity index (χ4v) is 1.82. The predicted octanol–water partition coefficient (Wildman–Crippen LogP) is 0.459. The van der Waals surface area contributed by atoms with Crippen LogP contribution in [0.1, 0.15) is 23.2 Å². The number of carbonyl (C=O) groups excluding carboxylic acids is 2. The molecule has 1 heterocycles. The van der Waals surface area contributed by atoms with Crippen LogP contribution in [-0.2, 0) is 9.59 Å². The molecule has 0 saturated heterocycles. The summed E-state index contributed by atoms with van der Waals surface area (Å²) in [5.74, 6) is -1.45. The largest absolute Gasteiger partial charge is 0.481 e. The lowest BCUT2D eigenvalue weighted by molar-refractivity contribution is -0.136. The number of carboxylic acids is 1. The number of amides is 2. The van der Waals surface area contributed by atoms with Crippen molar-refractivity contribution < 1.29 is 19.5 Å². The Balaban J connectivity index is 2.12. The molecule has 1 rings (SSSR count). The highest BCUT2D eigenvalue weighted by molar-refractivity contribution is 7.08. The Bertz CT molecular complexity index is 417. The normalized spacial score (nSPS) is 9.78. The maximum Gasteiger partial charge on any atom is 0.305 e. The molecule has 6 nitrogen and oxygen atoms in total. The zero-order valence-corrected chi connectivity index (χ0v) is 10.5. The van der Waals surface area contributed by atoms with Crippen LogP contribution in [0.15, 0.2) is 16.8 Å². The fourth-order valence-electron chi connectivity index (χ4n) is 1.18. The number of thiophene rings is 1. The third-order valence-corrected chi connectivity index (χ3v) is 2.77. The van der Waals surface area contributed by atoms with Crippen LogP contribution in [-0.4, -0.2) is 36.0 Å². The van der Waals surface area contributed by atoms with Gasteiger partial charge in [0, 0.05) is 30.5 Å². The molecule has 0 spiro atoms. The molecule has 0 saturated carbocycles. The summed E-state index contributed by atoms with van der Waals surface area (Å²) in [6, 6.07) is 1.70. The Labute approximate surface area is 108 Å². The minimum Gasteiger partial charge on any atom is -0.481 e. The highest BCUT2D eigenvalue weighted by Crippen LogP contribution is 2.04. The average Bonchev–Trinajstić information content (AvgIpc) is 2.81. The van der Waals surface area contributed by atoms with Gasteiger partial charge in [0.15, 0.2) is 0 Å². The van der Waals surface area contributed by atoms with E-state index in [1.165, 1.54) is 11.3 Å². The molecule has 0 radical (unpaired) electrons. The fraction of sp³-hybridized carbons (Fsp3) is 0.364. The average molecular weight is 270 g/mol. The van der Waals surface area contributed by atoms with E-state index in [0.29, 0.717) is 5.56 Å². The van der Waals surface area contributed by atoms with E-state index in [9.17, 15) is 14.4 Å². The monoisotopic (exact) mass is 270 g/mol. The second-order valence-electron chi connectivity index (χ2n) is 3.51. The number of hydrogen-bond donors (Lipinski definition) is 3. The summed E-state index contributed by atoms with van der Waals surface area (Å²) in [4.78, 5) is 32.9. The van der Waals surface area contributed by atoms with Crippen LogP contribution in [0.4, 0.5) is 0 Å². The zero-order valence-electron chi connectivity index (χ0n) is 9.64. The lowest BCUT2D eigenvalue weighted by atomic mass is 10.3. The third kappa shape index (κ3) is 5.44. The molecule has 0 aliphatic heterocycles. The Morgan fingerprint density at radius 3 is 2.50 bits per heavy atom. The number of carboxylic acid groups (broad SMARTS) is 1. The third-order valence-electron chi connectivity index (χ3n) is 2.08. The van der Waals surface area contributed by atoms with Gasteiger partial charge < -0.3 is 15.7 Å². The first-order chi connectivity index (χ1) is 8.59. The Morgan fingerprint density at radius 1 is 1.17 bits per heavy atom. The van der Waals surface area contributed by atoms with Crippen molar-refractivity contribution in [2.45, 2.75) is 12.8 Å². The van der Waals surface area contributed by atoms with E-state index in [0.717, 1.165) is 0 Å². The summed E-state index contributed by atoms with van der Waals surface area (Å²) in [5, 5.41) is 17.0. The van der Waals surface area contributed by atoms with Crippen LogP contribution >= 0.6 is 11.3 Å². The van der Waals surface area contributed by atoms with Gasteiger partial charge >= 0.3 is 5.97 Å². The van der Waals surface area contributed by atoms with Crippen molar-refractivity contribution in [2.75, 3.05) is 13.1 Å². The van der Waals surface area contributed by atoms with Gasteiger partial charge in [0.2, 0.25) is 5.91 Å². The van der Waals surface area contributed by atoms with Crippen molar-refractivity contribution >= 4 is 29.1 Å². The predicted molar refractivity (Wildman–Crippen MR) is 66.5 cm³/mol. The van der Waals surface area contributed by atoms with Crippen molar-refractivity contribution in [3.63, 3.8) is 0 Å². The Kier molecular flexibility index (Phi) is 5.86.